The maximum absolute atomic E-state index is 3.87. The van der Waals surface area contributed by atoms with E-state index in [1.54, 1.807) is 0 Å². The van der Waals surface area contributed by atoms with Gasteiger partial charge in [-0.25, -0.2) is 0 Å². The Labute approximate surface area is 101 Å². The molecule has 17 heavy (non-hydrogen) atoms. The van der Waals surface area contributed by atoms with E-state index < -0.39 is 0 Å². The first-order chi connectivity index (χ1) is 8.33. The molecule has 1 aromatic heterocycles. The highest BCUT2D eigenvalue weighted by Crippen LogP contribution is 2.29. The Hall–Kier alpha value is -2.02. The summed E-state index contributed by atoms with van der Waals surface area (Å²) in [7, 11) is 0. The lowest BCUT2D eigenvalue weighted by Gasteiger charge is -2.02. The lowest BCUT2D eigenvalue weighted by molar-refractivity contribution is 1.15. The number of aryl methyl sites for hydroxylation is 1. The van der Waals surface area contributed by atoms with Gasteiger partial charge in [0.1, 0.15) is 0 Å². The van der Waals surface area contributed by atoms with E-state index in [9.17, 15) is 0 Å². The van der Waals surface area contributed by atoms with Crippen molar-refractivity contribution in [3.63, 3.8) is 0 Å². The predicted octanol–water partition coefficient (Wildman–Crippen LogP) is 4.53. The van der Waals surface area contributed by atoms with E-state index in [-0.39, 0.29) is 0 Å². The second kappa shape index (κ2) is 3.77. The highest BCUT2D eigenvalue weighted by Gasteiger charge is 2.07. The Bertz CT molecular complexity index is 704. The van der Waals surface area contributed by atoms with Crippen molar-refractivity contribution in [3.05, 3.63) is 54.1 Å². The minimum atomic E-state index is 1.03. The average Bonchev–Trinajstić information content (AvgIpc) is 2.76. The summed E-state index contributed by atoms with van der Waals surface area (Å²) in [4.78, 5) is 3.51. The molecule has 3 aromatic rings. The molecule has 0 saturated heterocycles. The molecule has 0 bridgehead atoms. The number of H-pyrrole nitrogens is 1. The van der Waals surface area contributed by atoms with Crippen molar-refractivity contribution in [3.8, 4) is 0 Å². The van der Waals surface area contributed by atoms with Gasteiger partial charge in [0.05, 0.1) is 0 Å². The zero-order valence-electron chi connectivity index (χ0n) is 9.96. The largest absolute Gasteiger partial charge is 0.354 e. The van der Waals surface area contributed by atoms with Gasteiger partial charge in [0.25, 0.3) is 0 Å². The molecule has 1 nitrogen and oxygen atoms in total. The van der Waals surface area contributed by atoms with Crippen LogP contribution < -0.4 is 0 Å². The summed E-state index contributed by atoms with van der Waals surface area (Å²) in [6.07, 6.45) is 2.95. The van der Waals surface area contributed by atoms with Crippen molar-refractivity contribution in [1.82, 2.24) is 4.98 Å². The highest BCUT2D eigenvalue weighted by molar-refractivity contribution is 6.08. The van der Waals surface area contributed by atoms with Crippen molar-refractivity contribution in [2.24, 2.45) is 0 Å². The Kier molecular flexibility index (Phi) is 2.25. The van der Waals surface area contributed by atoms with Gasteiger partial charge in [-0.2, -0.15) is 0 Å². The van der Waals surface area contributed by atoms with E-state index in [4.69, 9.17) is 0 Å². The van der Waals surface area contributed by atoms with Crippen LogP contribution in [0.4, 0.5) is 0 Å². The van der Waals surface area contributed by atoms with Crippen LogP contribution in [0.2, 0.25) is 0 Å². The van der Waals surface area contributed by atoms with Gasteiger partial charge < -0.3 is 4.98 Å². The van der Waals surface area contributed by atoms with Crippen molar-refractivity contribution in [2.75, 3.05) is 0 Å². The molecule has 3 rings (SSSR count). The number of aromatic nitrogens is 1. The molecule has 1 heteroatoms. The lowest BCUT2D eigenvalue weighted by atomic mass is 10.0. The first-order valence-electron chi connectivity index (χ1n) is 5.99. The molecular weight excluding hydrogens is 206 g/mol. The van der Waals surface area contributed by atoms with Crippen LogP contribution in [0.5, 0.6) is 0 Å². The van der Waals surface area contributed by atoms with Crippen LogP contribution in [0.25, 0.3) is 27.9 Å². The van der Waals surface area contributed by atoms with Gasteiger partial charge in [-0.3, -0.25) is 0 Å². The third-order valence-corrected chi connectivity index (χ3v) is 3.34. The number of para-hydroxylation sites is 1. The second-order valence-electron chi connectivity index (χ2n) is 4.33. The first-order valence-corrected chi connectivity index (χ1v) is 5.99. The summed E-state index contributed by atoms with van der Waals surface area (Å²) < 4.78 is 0. The number of benzene rings is 2. The molecule has 0 amide bonds. The number of hydrogen-bond donors (Lipinski definition) is 1. The molecule has 0 radical (unpaired) electrons. The van der Waals surface area contributed by atoms with Crippen LogP contribution in [0, 0.1) is 0 Å². The van der Waals surface area contributed by atoms with Crippen molar-refractivity contribution in [1.29, 1.82) is 0 Å². The van der Waals surface area contributed by atoms with Gasteiger partial charge in [-0.05, 0) is 35.7 Å². The van der Waals surface area contributed by atoms with Crippen molar-refractivity contribution in [2.45, 2.75) is 13.3 Å². The summed E-state index contributed by atoms with van der Waals surface area (Å²) in [5.41, 5.74) is 5.02. The molecule has 0 aliphatic rings. The summed E-state index contributed by atoms with van der Waals surface area (Å²) in [5, 5.41) is 2.59. The van der Waals surface area contributed by atoms with E-state index in [0.717, 1.165) is 6.42 Å². The fraction of sp³-hybridized carbons (Fsp3) is 0.125. The molecule has 0 aliphatic carbocycles. The van der Waals surface area contributed by atoms with Gasteiger partial charge in [-0.1, -0.05) is 37.8 Å². The smallest absolute Gasteiger partial charge is 0.0497 e. The zero-order valence-corrected chi connectivity index (χ0v) is 9.96. The first kappa shape index (κ1) is 10.2. The molecule has 0 saturated carbocycles. The maximum Gasteiger partial charge on any atom is 0.0497 e. The van der Waals surface area contributed by atoms with Crippen molar-refractivity contribution >= 4 is 27.9 Å². The number of nitrogens with one attached hydrogen (secondary N) is 1. The van der Waals surface area contributed by atoms with Crippen LogP contribution in [-0.2, 0) is 6.42 Å². The highest BCUT2D eigenvalue weighted by atomic mass is 14.7. The van der Waals surface area contributed by atoms with Gasteiger partial charge in [-0.15, -0.1) is 0 Å². The summed E-state index contributed by atoms with van der Waals surface area (Å²) in [6.45, 7) is 6.06. The molecule has 2 aromatic carbocycles. The Balaban J connectivity index is 2.51. The topological polar surface area (TPSA) is 15.8 Å². The average molecular weight is 221 g/mol. The third-order valence-electron chi connectivity index (χ3n) is 3.34. The number of hydrogen-bond acceptors (Lipinski definition) is 0. The zero-order chi connectivity index (χ0) is 11.8. The molecule has 84 valence electrons. The molecule has 0 atom stereocenters. The Morgan fingerprint density at radius 3 is 2.76 bits per heavy atom. The number of fused-ring (bicyclic) bond motifs is 3. The fourth-order valence-corrected chi connectivity index (χ4v) is 2.45. The summed E-state index contributed by atoms with van der Waals surface area (Å²) in [6, 6.07) is 12.9. The summed E-state index contributed by atoms with van der Waals surface area (Å²) in [5.74, 6) is 0. The number of aromatic amines is 1. The van der Waals surface area contributed by atoms with Crippen LogP contribution in [0.1, 0.15) is 18.1 Å². The van der Waals surface area contributed by atoms with E-state index in [1.807, 2.05) is 6.08 Å². The fourth-order valence-electron chi connectivity index (χ4n) is 2.45. The van der Waals surface area contributed by atoms with E-state index >= 15 is 0 Å². The molecule has 0 fully saturated rings. The minimum absolute atomic E-state index is 1.03. The quantitative estimate of drug-likeness (QED) is 0.654. The van der Waals surface area contributed by atoms with E-state index in [1.165, 1.54) is 32.9 Å². The second-order valence-corrected chi connectivity index (χ2v) is 4.33. The molecule has 1 N–H and O–H groups in total. The number of rotatable bonds is 2. The molecule has 1 heterocycles. The normalized spacial score (nSPS) is 11.1. The van der Waals surface area contributed by atoms with Gasteiger partial charge in [0, 0.05) is 21.8 Å². The van der Waals surface area contributed by atoms with Gasteiger partial charge in [0.2, 0.25) is 0 Å². The predicted molar refractivity (Wildman–Crippen MR) is 75.3 cm³/mol. The van der Waals surface area contributed by atoms with E-state index in [2.05, 4.69) is 54.9 Å². The molecule has 0 unspecified atom stereocenters. The Morgan fingerprint density at radius 1 is 1.18 bits per heavy atom. The monoisotopic (exact) mass is 221 g/mol. The van der Waals surface area contributed by atoms with Crippen LogP contribution in [-0.4, -0.2) is 4.98 Å². The standard InChI is InChI=1S/C16H15N/c1-3-11-9-12(4-2)16-14(10-11)13-7-5-6-8-15(13)17-16/h3,5-10,17H,1,4H2,2H3. The van der Waals surface area contributed by atoms with Crippen molar-refractivity contribution < 1.29 is 0 Å². The van der Waals surface area contributed by atoms with Crippen LogP contribution >= 0.6 is 0 Å². The van der Waals surface area contributed by atoms with E-state index in [0.29, 0.717) is 0 Å². The lowest BCUT2D eigenvalue weighted by Crippen LogP contribution is -1.84. The molecule has 0 spiro atoms. The van der Waals surface area contributed by atoms with Gasteiger partial charge in [0.15, 0.2) is 0 Å². The molecular formula is C16H15N. The maximum atomic E-state index is 3.87. The SMILES string of the molecule is C=Cc1cc(CC)c2[nH]c3ccccc3c2c1. The van der Waals surface area contributed by atoms with Crippen LogP contribution in [0.3, 0.4) is 0 Å². The van der Waals surface area contributed by atoms with Gasteiger partial charge >= 0.3 is 0 Å². The third kappa shape index (κ3) is 1.47. The minimum Gasteiger partial charge on any atom is -0.354 e. The summed E-state index contributed by atoms with van der Waals surface area (Å²) >= 11 is 0. The Morgan fingerprint density at radius 2 is 2.00 bits per heavy atom. The molecule has 0 aliphatic heterocycles. The van der Waals surface area contributed by atoms with Crippen LogP contribution in [0.15, 0.2) is 43.0 Å².